The molecule has 3 aromatic rings. The van der Waals surface area contributed by atoms with Crippen molar-refractivity contribution in [2.75, 3.05) is 4.31 Å². The molecule has 1 aliphatic heterocycles. The Kier molecular flexibility index (Phi) is 6.18. The van der Waals surface area contributed by atoms with Gasteiger partial charge in [0.05, 0.1) is 27.9 Å². The molecule has 1 aliphatic rings. The Labute approximate surface area is 198 Å². The molecule has 34 heavy (non-hydrogen) atoms. The fraction of sp³-hybridized carbons (Fsp3) is 0.148. The second-order valence-electron chi connectivity index (χ2n) is 8.21. The van der Waals surface area contributed by atoms with Crippen LogP contribution in [0.2, 0.25) is 0 Å². The van der Waals surface area contributed by atoms with Gasteiger partial charge in [-0.05, 0) is 55.3 Å². The maximum absolute atomic E-state index is 14.0. The van der Waals surface area contributed by atoms with E-state index < -0.39 is 15.9 Å². The van der Waals surface area contributed by atoms with E-state index in [9.17, 15) is 23.3 Å². The monoisotopic (exact) mass is 470 g/mol. The van der Waals surface area contributed by atoms with Crippen molar-refractivity contribution >= 4 is 33.5 Å². The van der Waals surface area contributed by atoms with Crippen molar-refractivity contribution in [3.8, 4) is 6.07 Å². The number of hydrogen-bond acceptors (Lipinski definition) is 5. The van der Waals surface area contributed by atoms with Crippen LogP contribution in [0.3, 0.4) is 0 Å². The molecule has 170 valence electrons. The Balaban J connectivity index is 2.06. The Morgan fingerprint density at radius 1 is 1.03 bits per heavy atom. The zero-order valence-corrected chi connectivity index (χ0v) is 19.5. The van der Waals surface area contributed by atoms with E-state index in [1.54, 1.807) is 60.7 Å². The molecule has 0 spiro atoms. The second-order valence-corrected chi connectivity index (χ2v) is 10.00. The fourth-order valence-corrected chi connectivity index (χ4v) is 5.80. The lowest BCUT2D eigenvalue weighted by molar-refractivity contribution is -0.117. The minimum atomic E-state index is -4.13. The highest BCUT2D eigenvalue weighted by Crippen LogP contribution is 2.47. The Morgan fingerprint density at radius 3 is 2.26 bits per heavy atom. The van der Waals surface area contributed by atoms with Crippen LogP contribution >= 0.6 is 0 Å². The van der Waals surface area contributed by atoms with Crippen LogP contribution in [-0.2, 0) is 19.6 Å². The molecule has 6 nitrogen and oxygen atoms in total. The summed E-state index contributed by atoms with van der Waals surface area (Å²) < 4.78 is 29.2. The van der Waals surface area contributed by atoms with E-state index in [-0.39, 0.29) is 28.4 Å². The average Bonchev–Trinajstić information content (AvgIpc) is 2.83. The van der Waals surface area contributed by atoms with E-state index in [1.165, 1.54) is 23.4 Å². The summed E-state index contributed by atoms with van der Waals surface area (Å²) in [5.74, 6) is -0.713. The molecule has 0 radical (unpaired) electrons. The number of Topliss-reactive ketones (excluding diaryl/α,β-unsaturated/α-hetero) is 1. The molecule has 0 N–H and O–H groups in total. The summed E-state index contributed by atoms with van der Waals surface area (Å²) >= 11 is 0. The van der Waals surface area contributed by atoms with Crippen LogP contribution in [0, 0.1) is 18.3 Å². The number of nitriles is 1. The van der Waals surface area contributed by atoms with Gasteiger partial charge in [0.25, 0.3) is 10.0 Å². The first kappa shape index (κ1) is 23.1. The largest absolute Gasteiger partial charge is 0.300 e. The molecule has 0 unspecified atom stereocenters. The van der Waals surface area contributed by atoms with Gasteiger partial charge >= 0.3 is 0 Å². The smallest absolute Gasteiger partial charge is 0.268 e. The number of hydrogen-bond donors (Lipinski definition) is 0. The number of aldehydes is 1. The number of allylic oxidation sites excluding steroid dienone is 1. The molecule has 4 rings (SSSR count). The van der Waals surface area contributed by atoms with Gasteiger partial charge in [-0.25, -0.2) is 12.7 Å². The lowest BCUT2D eigenvalue weighted by Crippen LogP contribution is -2.35. The molecule has 0 saturated heterocycles. The Bertz CT molecular complexity index is 1450. The molecule has 0 fully saturated rings. The zero-order chi connectivity index (χ0) is 24.5. The van der Waals surface area contributed by atoms with E-state index in [0.29, 0.717) is 28.7 Å². The van der Waals surface area contributed by atoms with Crippen LogP contribution in [0.5, 0.6) is 0 Å². The van der Waals surface area contributed by atoms with Crippen molar-refractivity contribution in [1.29, 1.82) is 5.26 Å². The summed E-state index contributed by atoms with van der Waals surface area (Å²) in [6.45, 7) is 3.31. The van der Waals surface area contributed by atoms with Gasteiger partial charge in [-0.2, -0.15) is 5.26 Å². The van der Waals surface area contributed by atoms with Gasteiger partial charge in [-0.3, -0.25) is 9.59 Å². The number of aryl methyl sites for hydroxylation is 1. The number of anilines is 1. The van der Waals surface area contributed by atoms with Crippen LogP contribution in [0.15, 0.2) is 83.3 Å². The minimum absolute atomic E-state index is 0.0588. The normalized spacial score (nSPS) is 15.4. The predicted molar refractivity (Wildman–Crippen MR) is 129 cm³/mol. The van der Waals surface area contributed by atoms with Gasteiger partial charge in [0.1, 0.15) is 12.1 Å². The topological polar surface area (TPSA) is 95.3 Å². The standard InChI is InChI=1S/C27H22N2O4S/c1-18-7-13-22(14-8-18)34(32,33)29-26-6-4-3-5-23(26)24(15-19(2)31)25(17-30)27(29)21-11-9-20(16-28)10-12-21/h3-14,17,24H,15H2,1-2H3/t24-/m1/s1. The summed E-state index contributed by atoms with van der Waals surface area (Å²) in [4.78, 5) is 24.7. The Morgan fingerprint density at radius 2 is 1.68 bits per heavy atom. The minimum Gasteiger partial charge on any atom is -0.300 e. The first-order valence-corrected chi connectivity index (χ1v) is 12.1. The highest BCUT2D eigenvalue weighted by atomic mass is 32.2. The van der Waals surface area contributed by atoms with E-state index in [1.807, 2.05) is 13.0 Å². The van der Waals surface area contributed by atoms with Crippen LogP contribution in [-0.4, -0.2) is 20.5 Å². The highest BCUT2D eigenvalue weighted by Gasteiger charge is 2.40. The van der Waals surface area contributed by atoms with Crippen LogP contribution in [0.1, 0.15) is 41.5 Å². The molecule has 0 saturated carbocycles. The van der Waals surface area contributed by atoms with Crippen LogP contribution < -0.4 is 4.31 Å². The fourth-order valence-electron chi connectivity index (χ4n) is 4.23. The first-order chi connectivity index (χ1) is 16.3. The lowest BCUT2D eigenvalue weighted by Gasteiger charge is -2.37. The summed E-state index contributed by atoms with van der Waals surface area (Å²) in [5, 5.41) is 9.20. The quantitative estimate of drug-likeness (QED) is 0.485. The SMILES string of the molecule is CC(=O)C[C@H]1C(C=O)=C(c2ccc(C#N)cc2)N(S(=O)(=O)c2ccc(C)cc2)c2ccccc21. The number of rotatable bonds is 6. The number of sulfonamides is 1. The molecule has 0 aromatic heterocycles. The molecule has 0 bridgehead atoms. The summed E-state index contributed by atoms with van der Waals surface area (Å²) in [6, 6.07) is 21.8. The van der Waals surface area contributed by atoms with E-state index in [4.69, 9.17) is 0 Å². The van der Waals surface area contributed by atoms with Gasteiger partial charge < -0.3 is 0 Å². The first-order valence-electron chi connectivity index (χ1n) is 10.7. The maximum atomic E-state index is 14.0. The number of para-hydroxylation sites is 1. The Hall–Kier alpha value is -4.02. The summed E-state index contributed by atoms with van der Waals surface area (Å²) in [7, 11) is -4.13. The molecule has 1 atom stereocenters. The number of ketones is 1. The molecule has 3 aromatic carbocycles. The van der Waals surface area contributed by atoms with Gasteiger partial charge in [0.15, 0.2) is 0 Å². The van der Waals surface area contributed by atoms with Crippen molar-refractivity contribution in [2.45, 2.75) is 31.1 Å². The third-order valence-electron chi connectivity index (χ3n) is 5.85. The number of fused-ring (bicyclic) bond motifs is 1. The number of nitrogens with zero attached hydrogens (tertiary/aromatic N) is 2. The van der Waals surface area contributed by atoms with Crippen molar-refractivity contribution in [1.82, 2.24) is 0 Å². The number of carbonyl (C=O) groups is 2. The molecular weight excluding hydrogens is 448 g/mol. The summed E-state index contributed by atoms with van der Waals surface area (Å²) in [5.41, 5.74) is 3.14. The molecule has 0 amide bonds. The summed E-state index contributed by atoms with van der Waals surface area (Å²) in [6.07, 6.45) is 0.692. The average molecular weight is 471 g/mol. The van der Waals surface area contributed by atoms with Crippen LogP contribution in [0.4, 0.5) is 5.69 Å². The van der Waals surface area contributed by atoms with E-state index in [2.05, 4.69) is 0 Å². The second kappa shape index (κ2) is 9.08. The third kappa shape index (κ3) is 4.04. The molecule has 0 aliphatic carbocycles. The predicted octanol–water partition coefficient (Wildman–Crippen LogP) is 4.75. The van der Waals surface area contributed by atoms with Crippen molar-refractivity contribution in [3.05, 3.63) is 101 Å². The highest BCUT2D eigenvalue weighted by molar-refractivity contribution is 7.93. The molecule has 7 heteroatoms. The third-order valence-corrected chi connectivity index (χ3v) is 7.58. The number of carbonyl (C=O) groups excluding carboxylic acids is 2. The van der Waals surface area contributed by atoms with Gasteiger partial charge in [-0.1, -0.05) is 48.0 Å². The molecular formula is C27H22N2O4S. The maximum Gasteiger partial charge on any atom is 0.268 e. The molecule has 1 heterocycles. The van der Waals surface area contributed by atoms with E-state index >= 15 is 0 Å². The lowest BCUT2D eigenvalue weighted by atomic mass is 9.81. The zero-order valence-electron chi connectivity index (χ0n) is 18.7. The van der Waals surface area contributed by atoms with Crippen molar-refractivity contribution in [2.24, 2.45) is 0 Å². The van der Waals surface area contributed by atoms with Gasteiger partial charge in [0.2, 0.25) is 0 Å². The van der Waals surface area contributed by atoms with Gasteiger partial charge in [0, 0.05) is 17.9 Å². The number of benzene rings is 3. The van der Waals surface area contributed by atoms with E-state index in [0.717, 1.165) is 5.56 Å². The van der Waals surface area contributed by atoms with Crippen molar-refractivity contribution in [3.63, 3.8) is 0 Å². The van der Waals surface area contributed by atoms with Gasteiger partial charge in [-0.15, -0.1) is 0 Å². The van der Waals surface area contributed by atoms with Crippen molar-refractivity contribution < 1.29 is 18.0 Å². The van der Waals surface area contributed by atoms with Crippen LogP contribution in [0.25, 0.3) is 5.70 Å².